The molecule has 0 unspecified atom stereocenters. The molecular weight excluding hydrogens is 288 g/mol. The predicted molar refractivity (Wildman–Crippen MR) is 82.8 cm³/mol. The normalized spacial score (nSPS) is 11.4. The number of anilines is 2. The highest BCUT2D eigenvalue weighted by atomic mass is 32.2. The molecule has 2 N–H and O–H groups in total. The Morgan fingerprint density at radius 3 is 2.19 bits per heavy atom. The molecule has 1 aromatic heterocycles. The molecule has 21 heavy (non-hydrogen) atoms. The van der Waals surface area contributed by atoms with Crippen LogP contribution >= 0.6 is 0 Å². The summed E-state index contributed by atoms with van der Waals surface area (Å²) in [6, 6.07) is 10.3. The van der Waals surface area contributed by atoms with E-state index < -0.39 is 10.0 Å². The lowest BCUT2D eigenvalue weighted by Crippen LogP contribution is -2.16. The van der Waals surface area contributed by atoms with Crippen LogP contribution in [0, 0.1) is 6.92 Å². The molecular formula is C14H18N4O2S. The number of aryl methyl sites for hydroxylation is 1. The zero-order valence-corrected chi connectivity index (χ0v) is 13.0. The molecule has 6 nitrogen and oxygen atoms in total. The van der Waals surface area contributed by atoms with Crippen molar-refractivity contribution in [3.05, 3.63) is 42.0 Å². The van der Waals surface area contributed by atoms with Crippen LogP contribution in [0.2, 0.25) is 0 Å². The van der Waals surface area contributed by atoms with Gasteiger partial charge in [0.05, 0.1) is 4.90 Å². The van der Waals surface area contributed by atoms with Gasteiger partial charge in [-0.3, -0.25) is 4.72 Å². The molecule has 2 aromatic rings. The number of benzene rings is 1. The Kier molecular flexibility index (Phi) is 4.42. The van der Waals surface area contributed by atoms with E-state index in [1.807, 2.05) is 13.8 Å². The monoisotopic (exact) mass is 306 g/mol. The Labute approximate surface area is 124 Å². The first-order chi connectivity index (χ1) is 9.88. The Morgan fingerprint density at radius 2 is 1.62 bits per heavy atom. The number of aromatic nitrogens is 2. The van der Waals surface area contributed by atoms with Crippen LogP contribution in [0.1, 0.15) is 19.4 Å². The molecule has 0 saturated carbocycles. The largest absolute Gasteiger partial charge is 0.366 e. The van der Waals surface area contributed by atoms with Crippen molar-refractivity contribution < 1.29 is 8.42 Å². The van der Waals surface area contributed by atoms with Crippen molar-refractivity contribution in [3.63, 3.8) is 0 Å². The molecule has 0 bridgehead atoms. The minimum absolute atomic E-state index is 0.188. The highest BCUT2D eigenvalue weighted by molar-refractivity contribution is 7.92. The zero-order valence-electron chi connectivity index (χ0n) is 12.2. The lowest BCUT2D eigenvalue weighted by Gasteiger charge is -2.11. The first-order valence-corrected chi connectivity index (χ1v) is 8.05. The Bertz CT molecular complexity index is 712. The molecule has 0 atom stereocenters. The van der Waals surface area contributed by atoms with E-state index in [0.717, 1.165) is 0 Å². The van der Waals surface area contributed by atoms with E-state index in [2.05, 4.69) is 20.2 Å². The van der Waals surface area contributed by atoms with Gasteiger partial charge in [-0.15, -0.1) is 10.2 Å². The van der Waals surface area contributed by atoms with Gasteiger partial charge >= 0.3 is 0 Å². The van der Waals surface area contributed by atoms with Crippen LogP contribution < -0.4 is 10.0 Å². The first kappa shape index (κ1) is 15.2. The molecule has 112 valence electrons. The van der Waals surface area contributed by atoms with Crippen LogP contribution in [0.3, 0.4) is 0 Å². The number of hydrogen-bond acceptors (Lipinski definition) is 5. The third-order valence-corrected chi connectivity index (χ3v) is 4.24. The van der Waals surface area contributed by atoms with Crippen molar-refractivity contribution in [1.29, 1.82) is 0 Å². The highest BCUT2D eigenvalue weighted by Gasteiger charge is 2.17. The molecule has 0 aliphatic rings. The average molecular weight is 306 g/mol. The lowest BCUT2D eigenvalue weighted by molar-refractivity contribution is 0.600. The van der Waals surface area contributed by atoms with Crippen molar-refractivity contribution in [2.24, 2.45) is 0 Å². The van der Waals surface area contributed by atoms with Crippen LogP contribution in [0.15, 0.2) is 41.3 Å². The van der Waals surface area contributed by atoms with Gasteiger partial charge in [-0.25, -0.2) is 8.42 Å². The fourth-order valence-corrected chi connectivity index (χ4v) is 3.05. The predicted octanol–water partition coefficient (Wildman–Crippen LogP) is 2.41. The molecule has 2 rings (SSSR count). The topological polar surface area (TPSA) is 84.0 Å². The van der Waals surface area contributed by atoms with E-state index in [1.165, 1.54) is 0 Å². The Balaban J connectivity index is 2.19. The van der Waals surface area contributed by atoms with Crippen LogP contribution in [-0.4, -0.2) is 24.7 Å². The maximum absolute atomic E-state index is 12.3. The number of nitrogens with one attached hydrogen (secondary N) is 2. The second-order valence-corrected chi connectivity index (χ2v) is 6.62. The van der Waals surface area contributed by atoms with Crippen molar-refractivity contribution in [1.82, 2.24) is 10.2 Å². The molecule has 1 aromatic carbocycles. The Morgan fingerprint density at radius 1 is 1.00 bits per heavy atom. The summed E-state index contributed by atoms with van der Waals surface area (Å²) in [6.07, 6.45) is 0. The van der Waals surface area contributed by atoms with E-state index >= 15 is 0 Å². The summed E-state index contributed by atoms with van der Waals surface area (Å²) < 4.78 is 27.0. The standard InChI is InChI=1S/C14H18N4O2S/c1-10(2)15-13-8-9-14(17-16-13)18-21(19,20)12-7-5-4-6-11(12)3/h4-10H,1-3H3,(H,15,16)(H,17,18). The molecule has 0 aliphatic carbocycles. The van der Waals surface area contributed by atoms with Crippen molar-refractivity contribution in [3.8, 4) is 0 Å². The number of rotatable bonds is 5. The summed E-state index contributed by atoms with van der Waals surface area (Å²) >= 11 is 0. The summed E-state index contributed by atoms with van der Waals surface area (Å²) in [5.41, 5.74) is 0.677. The van der Waals surface area contributed by atoms with Crippen molar-refractivity contribution >= 4 is 21.7 Å². The van der Waals surface area contributed by atoms with Crippen molar-refractivity contribution in [2.45, 2.75) is 31.7 Å². The SMILES string of the molecule is Cc1ccccc1S(=O)(=O)Nc1ccc(NC(C)C)nn1. The van der Waals surface area contributed by atoms with E-state index in [9.17, 15) is 8.42 Å². The van der Waals surface area contributed by atoms with Crippen molar-refractivity contribution in [2.75, 3.05) is 10.0 Å². The number of hydrogen-bond donors (Lipinski definition) is 2. The van der Waals surface area contributed by atoms with Gasteiger partial charge in [-0.05, 0) is 44.5 Å². The smallest absolute Gasteiger partial charge is 0.263 e. The molecule has 0 radical (unpaired) electrons. The van der Waals surface area contributed by atoms with Crippen LogP contribution in [0.5, 0.6) is 0 Å². The fourth-order valence-electron chi connectivity index (χ4n) is 1.81. The summed E-state index contributed by atoms with van der Waals surface area (Å²) in [5, 5.41) is 10.9. The van der Waals surface area contributed by atoms with E-state index in [0.29, 0.717) is 11.4 Å². The summed E-state index contributed by atoms with van der Waals surface area (Å²) in [5.74, 6) is 0.788. The third kappa shape index (κ3) is 3.91. The van der Waals surface area contributed by atoms with Crippen LogP contribution in [0.4, 0.5) is 11.6 Å². The average Bonchev–Trinajstić information content (AvgIpc) is 2.40. The van der Waals surface area contributed by atoms with E-state index in [4.69, 9.17) is 0 Å². The summed E-state index contributed by atoms with van der Waals surface area (Å²) in [6.45, 7) is 5.71. The maximum Gasteiger partial charge on any atom is 0.263 e. The zero-order chi connectivity index (χ0) is 15.5. The minimum atomic E-state index is -3.65. The van der Waals surface area contributed by atoms with E-state index in [1.54, 1.807) is 43.3 Å². The van der Waals surface area contributed by atoms with Gasteiger partial charge in [-0.1, -0.05) is 18.2 Å². The molecule has 7 heteroatoms. The first-order valence-electron chi connectivity index (χ1n) is 6.57. The highest BCUT2D eigenvalue weighted by Crippen LogP contribution is 2.18. The van der Waals surface area contributed by atoms with Gasteiger partial charge in [0.15, 0.2) is 5.82 Å². The Hall–Kier alpha value is -2.15. The molecule has 0 fully saturated rings. The molecule has 1 heterocycles. The van der Waals surface area contributed by atoms with Crippen LogP contribution in [-0.2, 0) is 10.0 Å². The van der Waals surface area contributed by atoms with Gasteiger partial charge in [0.25, 0.3) is 10.0 Å². The molecule has 0 amide bonds. The summed E-state index contributed by atoms with van der Waals surface area (Å²) in [4.78, 5) is 0.233. The van der Waals surface area contributed by atoms with Gasteiger partial charge in [0.1, 0.15) is 5.82 Å². The van der Waals surface area contributed by atoms with Gasteiger partial charge in [0.2, 0.25) is 0 Å². The number of sulfonamides is 1. The third-order valence-electron chi connectivity index (χ3n) is 2.72. The molecule has 0 spiro atoms. The fraction of sp³-hybridized carbons (Fsp3) is 0.286. The summed E-state index contributed by atoms with van der Waals surface area (Å²) in [7, 11) is -3.65. The quantitative estimate of drug-likeness (QED) is 0.886. The molecule has 0 aliphatic heterocycles. The molecule has 0 saturated heterocycles. The van der Waals surface area contributed by atoms with E-state index in [-0.39, 0.29) is 16.8 Å². The van der Waals surface area contributed by atoms with Gasteiger partial charge < -0.3 is 5.32 Å². The van der Waals surface area contributed by atoms with Gasteiger partial charge in [0, 0.05) is 6.04 Å². The lowest BCUT2D eigenvalue weighted by atomic mass is 10.2. The number of nitrogens with zero attached hydrogens (tertiary/aromatic N) is 2. The van der Waals surface area contributed by atoms with Gasteiger partial charge in [-0.2, -0.15) is 0 Å². The maximum atomic E-state index is 12.3. The van der Waals surface area contributed by atoms with Crippen LogP contribution in [0.25, 0.3) is 0 Å². The minimum Gasteiger partial charge on any atom is -0.366 e. The second-order valence-electron chi connectivity index (χ2n) is 4.97. The second kappa shape index (κ2) is 6.09.